The highest BCUT2D eigenvalue weighted by atomic mass is 35.5. The van der Waals surface area contributed by atoms with E-state index < -0.39 is 60.2 Å². The number of benzene rings is 2. The molecular formula is C31H43ClN6O5S. The summed E-state index contributed by atoms with van der Waals surface area (Å²) in [5.74, 6) is -2.26. The minimum Gasteiger partial charge on any atom is -0.368 e. The van der Waals surface area contributed by atoms with E-state index in [2.05, 4.69) is 21.3 Å². The van der Waals surface area contributed by atoms with E-state index in [0.29, 0.717) is 23.6 Å². The molecule has 8 N–H and O–H groups in total. The number of primary amides is 1. The van der Waals surface area contributed by atoms with E-state index in [0.717, 1.165) is 11.1 Å². The number of rotatable bonds is 18. The molecule has 4 atom stereocenters. The van der Waals surface area contributed by atoms with Gasteiger partial charge in [-0.05, 0) is 60.4 Å². The van der Waals surface area contributed by atoms with Crippen molar-refractivity contribution in [3.63, 3.8) is 0 Å². The second-order valence-corrected chi connectivity index (χ2v) is 12.3. The summed E-state index contributed by atoms with van der Waals surface area (Å²) in [6.07, 6.45) is 2.94. The first-order chi connectivity index (χ1) is 20.9. The number of nitrogens with two attached hydrogens (primary N) is 2. The van der Waals surface area contributed by atoms with Gasteiger partial charge in [-0.25, -0.2) is 0 Å². The van der Waals surface area contributed by atoms with Crippen molar-refractivity contribution in [2.24, 2.45) is 17.4 Å². The first-order valence-electron chi connectivity index (χ1n) is 14.4. The average molecular weight is 647 g/mol. The third-order valence-electron chi connectivity index (χ3n) is 6.67. The lowest BCUT2D eigenvalue weighted by Crippen LogP contribution is -2.56. The summed E-state index contributed by atoms with van der Waals surface area (Å²) in [6.45, 7) is 3.34. The summed E-state index contributed by atoms with van der Waals surface area (Å²) in [5, 5.41) is 11.1. The molecule has 0 radical (unpaired) electrons. The van der Waals surface area contributed by atoms with Gasteiger partial charge in [-0.15, -0.1) is 0 Å². The maximum atomic E-state index is 13.2. The van der Waals surface area contributed by atoms with Crippen LogP contribution in [0.3, 0.4) is 0 Å². The smallest absolute Gasteiger partial charge is 0.243 e. The fourth-order valence-corrected chi connectivity index (χ4v) is 4.93. The third-order valence-corrected chi connectivity index (χ3v) is 7.57. The molecule has 44 heavy (non-hydrogen) atoms. The van der Waals surface area contributed by atoms with Crippen molar-refractivity contribution in [3.8, 4) is 0 Å². The number of halogens is 1. The van der Waals surface area contributed by atoms with Crippen molar-refractivity contribution in [1.29, 1.82) is 0 Å². The SMILES string of the molecule is CSCC[C@H](NC(=O)[C@H](CC(C)C)NC(=O)CNC(=O)[C@H](Cc1ccccc1)NC(=O)[C@@H](N)Cc1ccc(Cl)cc1)C(N)=O. The van der Waals surface area contributed by atoms with Gasteiger partial charge >= 0.3 is 0 Å². The first-order valence-corrected chi connectivity index (χ1v) is 16.2. The summed E-state index contributed by atoms with van der Waals surface area (Å²) < 4.78 is 0. The second kappa shape index (κ2) is 18.9. The predicted molar refractivity (Wildman–Crippen MR) is 174 cm³/mol. The Morgan fingerprint density at radius 3 is 2.00 bits per heavy atom. The van der Waals surface area contributed by atoms with Crippen LogP contribution in [0, 0.1) is 5.92 Å². The van der Waals surface area contributed by atoms with Gasteiger partial charge in [0.05, 0.1) is 12.6 Å². The van der Waals surface area contributed by atoms with Crippen LogP contribution in [0.2, 0.25) is 5.02 Å². The van der Waals surface area contributed by atoms with Crippen LogP contribution in [0.5, 0.6) is 0 Å². The number of thioether (sulfide) groups is 1. The normalized spacial score (nSPS) is 13.7. The summed E-state index contributed by atoms with van der Waals surface area (Å²) >= 11 is 7.45. The van der Waals surface area contributed by atoms with Gasteiger partial charge in [0.1, 0.15) is 18.1 Å². The zero-order valence-electron chi connectivity index (χ0n) is 25.3. The predicted octanol–water partition coefficient (Wildman–Crippen LogP) is 1.31. The molecule has 0 aliphatic heterocycles. The van der Waals surface area contributed by atoms with E-state index in [9.17, 15) is 24.0 Å². The maximum Gasteiger partial charge on any atom is 0.243 e. The van der Waals surface area contributed by atoms with Crippen LogP contribution in [-0.4, -0.2) is 72.3 Å². The van der Waals surface area contributed by atoms with Gasteiger partial charge in [-0.2, -0.15) is 11.8 Å². The topological polar surface area (TPSA) is 186 Å². The van der Waals surface area contributed by atoms with Crippen molar-refractivity contribution >= 4 is 52.9 Å². The van der Waals surface area contributed by atoms with Crippen molar-refractivity contribution in [3.05, 3.63) is 70.7 Å². The van der Waals surface area contributed by atoms with Gasteiger partial charge in [-0.3, -0.25) is 24.0 Å². The minimum absolute atomic E-state index is 0.0430. The molecule has 13 heteroatoms. The molecule has 0 spiro atoms. The molecule has 5 amide bonds. The van der Waals surface area contributed by atoms with Crippen molar-refractivity contribution in [2.75, 3.05) is 18.6 Å². The van der Waals surface area contributed by atoms with Gasteiger partial charge < -0.3 is 32.7 Å². The number of hydrogen-bond acceptors (Lipinski definition) is 7. The van der Waals surface area contributed by atoms with Crippen molar-refractivity contribution in [2.45, 2.75) is 63.7 Å². The fourth-order valence-electron chi connectivity index (χ4n) is 4.34. The molecule has 0 heterocycles. The van der Waals surface area contributed by atoms with E-state index in [1.54, 1.807) is 24.3 Å². The van der Waals surface area contributed by atoms with Gasteiger partial charge in [0.25, 0.3) is 0 Å². The maximum absolute atomic E-state index is 13.2. The standard InChI is InChI=1S/C31H43ClN6O5S/c1-19(2)15-25(31(43)37-24(28(34)40)13-14-44-3)36-27(39)18-35-30(42)26(17-20-7-5-4-6-8-20)38-29(41)23(33)16-21-9-11-22(32)12-10-21/h4-12,19,23-26H,13-18,33H2,1-3H3,(H2,34,40)(H,35,42)(H,36,39)(H,37,43)(H,38,41)/t23-,24-,25-,26-/m0/s1. The Morgan fingerprint density at radius 2 is 1.41 bits per heavy atom. The van der Waals surface area contributed by atoms with Gasteiger partial charge in [0.2, 0.25) is 29.5 Å². The Hall–Kier alpha value is -3.61. The second-order valence-electron chi connectivity index (χ2n) is 10.9. The molecule has 240 valence electrons. The lowest BCUT2D eigenvalue weighted by Gasteiger charge is -2.24. The molecule has 11 nitrogen and oxygen atoms in total. The van der Waals surface area contributed by atoms with Crippen LogP contribution in [0.1, 0.15) is 37.8 Å². The number of carbonyl (C=O) groups is 5. The highest BCUT2D eigenvalue weighted by molar-refractivity contribution is 7.98. The Bertz CT molecular complexity index is 1250. The molecule has 2 rings (SSSR count). The number of nitrogens with one attached hydrogen (secondary N) is 4. The Kier molecular flexibility index (Phi) is 15.7. The van der Waals surface area contributed by atoms with Crippen LogP contribution < -0.4 is 32.7 Å². The fraction of sp³-hybridized carbons (Fsp3) is 0.452. The molecule has 0 unspecified atom stereocenters. The zero-order valence-corrected chi connectivity index (χ0v) is 26.9. The van der Waals surface area contributed by atoms with Gasteiger partial charge in [0, 0.05) is 11.4 Å². The molecule has 0 aliphatic rings. The van der Waals surface area contributed by atoms with Crippen LogP contribution in [0.25, 0.3) is 0 Å². The third kappa shape index (κ3) is 13.4. The molecule has 0 bridgehead atoms. The molecule has 2 aromatic rings. The highest BCUT2D eigenvalue weighted by Crippen LogP contribution is 2.11. The van der Waals surface area contributed by atoms with E-state index in [1.807, 2.05) is 50.4 Å². The number of carbonyl (C=O) groups excluding carboxylic acids is 5. The van der Waals surface area contributed by atoms with Crippen molar-refractivity contribution in [1.82, 2.24) is 21.3 Å². The van der Waals surface area contributed by atoms with Crippen LogP contribution >= 0.6 is 23.4 Å². The largest absolute Gasteiger partial charge is 0.368 e. The highest BCUT2D eigenvalue weighted by Gasteiger charge is 2.28. The summed E-state index contributed by atoms with van der Waals surface area (Å²) in [6, 6.07) is 12.3. The van der Waals surface area contributed by atoms with Crippen LogP contribution in [0.4, 0.5) is 0 Å². The minimum atomic E-state index is -1.02. The lowest BCUT2D eigenvalue weighted by molar-refractivity contribution is -0.132. The number of amides is 5. The van der Waals surface area contributed by atoms with Gasteiger partial charge in [-0.1, -0.05) is 67.9 Å². The van der Waals surface area contributed by atoms with Crippen LogP contribution in [-0.2, 0) is 36.8 Å². The molecular weight excluding hydrogens is 604 g/mol. The Morgan fingerprint density at radius 1 is 0.795 bits per heavy atom. The Balaban J connectivity index is 2.06. The lowest BCUT2D eigenvalue weighted by atomic mass is 10.0. The molecule has 0 aromatic heterocycles. The summed E-state index contributed by atoms with van der Waals surface area (Å²) in [4.78, 5) is 63.9. The molecule has 0 saturated carbocycles. The monoisotopic (exact) mass is 646 g/mol. The summed E-state index contributed by atoms with van der Waals surface area (Å²) in [5.41, 5.74) is 13.2. The molecule has 2 aromatic carbocycles. The van der Waals surface area contributed by atoms with Crippen LogP contribution in [0.15, 0.2) is 54.6 Å². The number of hydrogen-bond donors (Lipinski definition) is 6. The molecule has 0 aliphatic carbocycles. The molecule has 0 saturated heterocycles. The summed E-state index contributed by atoms with van der Waals surface area (Å²) in [7, 11) is 0. The quantitative estimate of drug-likeness (QED) is 0.141. The Labute approximate surface area is 268 Å². The van der Waals surface area contributed by atoms with Crippen molar-refractivity contribution < 1.29 is 24.0 Å². The zero-order chi connectivity index (χ0) is 32.6. The average Bonchev–Trinajstić information content (AvgIpc) is 2.98. The van der Waals surface area contributed by atoms with Gasteiger partial charge in [0.15, 0.2) is 0 Å². The van der Waals surface area contributed by atoms with E-state index >= 15 is 0 Å². The molecule has 0 fully saturated rings. The van der Waals surface area contributed by atoms with E-state index in [4.69, 9.17) is 23.1 Å². The first kappa shape index (κ1) is 36.6. The van der Waals surface area contributed by atoms with E-state index in [-0.39, 0.29) is 18.8 Å². The van der Waals surface area contributed by atoms with E-state index in [1.165, 1.54) is 11.8 Å².